The number of aliphatic hydroxyl groups is 1. The number of ether oxygens (including phenoxy) is 1. The molecule has 0 rings (SSSR count). The van der Waals surface area contributed by atoms with Crippen LogP contribution in [0.3, 0.4) is 0 Å². The Morgan fingerprint density at radius 3 is 2.42 bits per heavy atom. The molecule has 7 nitrogen and oxygen atoms in total. The number of nitro groups is 1. The van der Waals surface area contributed by atoms with E-state index in [0.717, 1.165) is 0 Å². The van der Waals surface area contributed by atoms with Crippen LogP contribution in [0.15, 0.2) is 0 Å². The predicted octanol–water partition coefficient (Wildman–Crippen LogP) is 1.17. The monoisotopic (exact) mass is 284 g/mol. The second kappa shape index (κ2) is 6.60. The Bertz CT molecular complexity index is 330. The minimum absolute atomic E-state index is 0.462. The SMILES string of the molecule is CC(C)(C)OC(=O)NCCC(F)(F)C(O)C[N+](=O)[O-]. The highest BCUT2D eigenvalue weighted by atomic mass is 19.3. The van der Waals surface area contributed by atoms with E-state index in [4.69, 9.17) is 9.84 Å². The van der Waals surface area contributed by atoms with Gasteiger partial charge in [-0.1, -0.05) is 0 Å². The van der Waals surface area contributed by atoms with E-state index >= 15 is 0 Å². The van der Waals surface area contributed by atoms with Crippen LogP contribution in [-0.2, 0) is 4.74 Å². The van der Waals surface area contributed by atoms with Gasteiger partial charge in [-0.2, -0.15) is 0 Å². The lowest BCUT2D eigenvalue weighted by Gasteiger charge is -2.22. The second-order valence-corrected chi connectivity index (χ2v) is 4.97. The van der Waals surface area contributed by atoms with E-state index < -0.39 is 48.2 Å². The summed E-state index contributed by atoms with van der Waals surface area (Å²) in [6.07, 6.45) is -4.17. The number of halogens is 2. The molecule has 0 aromatic carbocycles. The fraction of sp³-hybridized carbons (Fsp3) is 0.900. The van der Waals surface area contributed by atoms with Crippen LogP contribution in [0.2, 0.25) is 0 Å². The van der Waals surface area contributed by atoms with E-state index in [2.05, 4.69) is 5.32 Å². The summed E-state index contributed by atoms with van der Waals surface area (Å²) in [6.45, 7) is 3.13. The summed E-state index contributed by atoms with van der Waals surface area (Å²) in [7, 11) is 0. The van der Waals surface area contributed by atoms with Gasteiger partial charge >= 0.3 is 6.09 Å². The van der Waals surface area contributed by atoms with E-state index in [1.54, 1.807) is 20.8 Å². The van der Waals surface area contributed by atoms with Crippen molar-refractivity contribution in [1.29, 1.82) is 0 Å². The number of hydrogen-bond donors (Lipinski definition) is 2. The largest absolute Gasteiger partial charge is 0.444 e. The van der Waals surface area contributed by atoms with E-state index in [9.17, 15) is 23.7 Å². The lowest BCUT2D eigenvalue weighted by atomic mass is 10.1. The molecule has 19 heavy (non-hydrogen) atoms. The Morgan fingerprint density at radius 2 is 2.00 bits per heavy atom. The third kappa shape index (κ3) is 8.25. The van der Waals surface area contributed by atoms with Crippen LogP contribution in [0.5, 0.6) is 0 Å². The molecular formula is C10H18F2N2O5. The van der Waals surface area contributed by atoms with Crippen molar-refractivity contribution in [2.45, 2.75) is 44.8 Å². The number of rotatable bonds is 6. The normalized spacial score (nSPS) is 13.8. The molecule has 2 N–H and O–H groups in total. The quantitative estimate of drug-likeness (QED) is 0.563. The van der Waals surface area contributed by atoms with Gasteiger partial charge in [-0.3, -0.25) is 10.1 Å². The number of nitrogens with zero attached hydrogens (tertiary/aromatic N) is 1. The van der Waals surface area contributed by atoms with Crippen LogP contribution in [0.25, 0.3) is 0 Å². The maximum atomic E-state index is 13.2. The third-order valence-electron chi connectivity index (χ3n) is 1.94. The first kappa shape index (κ1) is 17.5. The van der Waals surface area contributed by atoms with Gasteiger partial charge < -0.3 is 15.2 Å². The molecule has 0 bridgehead atoms. The number of carbonyl (C=O) groups excluding carboxylic acids is 1. The molecular weight excluding hydrogens is 266 g/mol. The van der Waals surface area contributed by atoms with Crippen molar-refractivity contribution in [3.05, 3.63) is 10.1 Å². The standard InChI is InChI=1S/C10H18F2N2O5/c1-9(2,3)19-8(16)13-5-4-10(11,12)7(15)6-14(17)18/h7,15H,4-6H2,1-3H3,(H,13,16). The molecule has 0 saturated carbocycles. The molecule has 0 heterocycles. The summed E-state index contributed by atoms with van der Waals surface area (Å²) >= 11 is 0. The van der Waals surface area contributed by atoms with Crippen LogP contribution in [0.1, 0.15) is 27.2 Å². The number of carbonyl (C=O) groups is 1. The van der Waals surface area contributed by atoms with Crippen molar-refractivity contribution >= 4 is 6.09 Å². The van der Waals surface area contributed by atoms with Crippen molar-refractivity contribution in [1.82, 2.24) is 5.32 Å². The van der Waals surface area contributed by atoms with Crippen molar-refractivity contribution < 1.29 is 28.3 Å². The van der Waals surface area contributed by atoms with Crippen molar-refractivity contribution in [3.63, 3.8) is 0 Å². The van der Waals surface area contributed by atoms with Gasteiger partial charge in [-0.15, -0.1) is 0 Å². The predicted molar refractivity (Wildman–Crippen MR) is 61.7 cm³/mol. The molecule has 1 amide bonds. The zero-order chi connectivity index (χ0) is 15.3. The molecule has 0 aliphatic heterocycles. The van der Waals surface area contributed by atoms with Gasteiger partial charge in [0, 0.05) is 17.9 Å². The summed E-state index contributed by atoms with van der Waals surface area (Å²) in [5, 5.41) is 21.1. The molecule has 1 atom stereocenters. The van der Waals surface area contributed by atoms with Gasteiger partial charge in [0.25, 0.3) is 5.92 Å². The molecule has 112 valence electrons. The summed E-state index contributed by atoms with van der Waals surface area (Å²) in [5.41, 5.74) is -0.752. The molecule has 0 spiro atoms. The van der Waals surface area contributed by atoms with E-state index in [1.165, 1.54) is 0 Å². The zero-order valence-electron chi connectivity index (χ0n) is 11.0. The smallest absolute Gasteiger partial charge is 0.407 e. The topological polar surface area (TPSA) is 102 Å². The van der Waals surface area contributed by atoms with Gasteiger partial charge in [0.2, 0.25) is 6.54 Å². The molecule has 1 unspecified atom stereocenters. The molecule has 0 radical (unpaired) electrons. The highest BCUT2D eigenvalue weighted by Crippen LogP contribution is 2.22. The van der Waals surface area contributed by atoms with E-state index in [1.807, 2.05) is 0 Å². The van der Waals surface area contributed by atoms with Crippen molar-refractivity contribution in [2.75, 3.05) is 13.1 Å². The minimum atomic E-state index is -3.65. The first-order valence-corrected chi connectivity index (χ1v) is 5.58. The van der Waals surface area contributed by atoms with Crippen LogP contribution >= 0.6 is 0 Å². The average molecular weight is 284 g/mol. The highest BCUT2D eigenvalue weighted by Gasteiger charge is 2.41. The molecule has 0 saturated heterocycles. The molecule has 9 heteroatoms. The number of aliphatic hydroxyl groups excluding tert-OH is 1. The molecule has 0 aliphatic rings. The maximum Gasteiger partial charge on any atom is 0.407 e. The number of alkyl halides is 2. The Balaban J connectivity index is 4.11. The Labute approximate surface area is 109 Å². The van der Waals surface area contributed by atoms with Crippen LogP contribution in [0, 0.1) is 10.1 Å². The molecule has 0 aliphatic carbocycles. The summed E-state index contributed by atoms with van der Waals surface area (Å²) in [6, 6.07) is 0. The summed E-state index contributed by atoms with van der Waals surface area (Å²) in [5.74, 6) is -3.65. The van der Waals surface area contributed by atoms with Crippen LogP contribution in [0.4, 0.5) is 13.6 Å². The number of nitrogens with one attached hydrogen (secondary N) is 1. The Morgan fingerprint density at radius 1 is 1.47 bits per heavy atom. The first-order valence-electron chi connectivity index (χ1n) is 5.58. The Hall–Kier alpha value is -1.51. The first-order chi connectivity index (χ1) is 8.44. The highest BCUT2D eigenvalue weighted by molar-refractivity contribution is 5.67. The lowest BCUT2D eigenvalue weighted by molar-refractivity contribution is -0.496. The fourth-order valence-corrected chi connectivity index (χ4v) is 1.09. The van der Waals surface area contributed by atoms with E-state index in [0.29, 0.717) is 0 Å². The fourth-order valence-electron chi connectivity index (χ4n) is 1.09. The third-order valence-corrected chi connectivity index (χ3v) is 1.94. The molecule has 0 aromatic heterocycles. The van der Waals surface area contributed by atoms with Gasteiger partial charge in [0.05, 0.1) is 0 Å². The lowest BCUT2D eigenvalue weighted by Crippen LogP contribution is -2.42. The van der Waals surface area contributed by atoms with Gasteiger partial charge in [0.15, 0.2) is 6.10 Å². The van der Waals surface area contributed by atoms with Gasteiger partial charge in [-0.05, 0) is 20.8 Å². The number of amides is 1. The van der Waals surface area contributed by atoms with Crippen LogP contribution < -0.4 is 5.32 Å². The Kier molecular flexibility index (Phi) is 6.07. The molecule has 0 fully saturated rings. The van der Waals surface area contributed by atoms with Crippen molar-refractivity contribution in [3.8, 4) is 0 Å². The number of hydrogen-bond acceptors (Lipinski definition) is 5. The van der Waals surface area contributed by atoms with E-state index in [-0.39, 0.29) is 0 Å². The maximum absolute atomic E-state index is 13.2. The van der Waals surface area contributed by atoms with Gasteiger partial charge in [-0.25, -0.2) is 13.6 Å². The summed E-state index contributed by atoms with van der Waals surface area (Å²) in [4.78, 5) is 20.1. The van der Waals surface area contributed by atoms with Crippen LogP contribution in [-0.4, -0.2) is 46.8 Å². The average Bonchev–Trinajstić information content (AvgIpc) is 2.12. The molecule has 0 aromatic rings. The zero-order valence-corrected chi connectivity index (χ0v) is 11.0. The van der Waals surface area contributed by atoms with Gasteiger partial charge in [0.1, 0.15) is 5.60 Å². The minimum Gasteiger partial charge on any atom is -0.444 e. The number of alkyl carbamates (subject to hydrolysis) is 1. The second-order valence-electron chi connectivity index (χ2n) is 4.97. The van der Waals surface area contributed by atoms with Crippen molar-refractivity contribution in [2.24, 2.45) is 0 Å². The summed E-state index contributed by atoms with van der Waals surface area (Å²) < 4.78 is 31.3.